The number of methoxy groups -OCH3 is 2. The van der Waals surface area contributed by atoms with E-state index < -0.39 is 0 Å². The summed E-state index contributed by atoms with van der Waals surface area (Å²) >= 11 is 0. The standard InChI is InChI=1S/C18H19NO3/c1-19-15-7-5-4-6-13(15)14(18(19)20)10-12-8-9-16(21-2)17(11-12)22-3/h4-9,11,14H,10H2,1-3H3/t14-/m1/s1. The van der Waals surface area contributed by atoms with Crippen molar-refractivity contribution in [1.29, 1.82) is 0 Å². The highest BCUT2D eigenvalue weighted by Gasteiger charge is 2.34. The Morgan fingerprint density at radius 3 is 2.50 bits per heavy atom. The fourth-order valence-corrected chi connectivity index (χ4v) is 3.01. The summed E-state index contributed by atoms with van der Waals surface area (Å²) in [5, 5.41) is 0. The second-order valence-corrected chi connectivity index (χ2v) is 5.40. The van der Waals surface area contributed by atoms with Crippen LogP contribution in [-0.4, -0.2) is 27.2 Å². The van der Waals surface area contributed by atoms with E-state index in [9.17, 15) is 4.79 Å². The van der Waals surface area contributed by atoms with E-state index in [1.807, 2.05) is 49.5 Å². The first-order valence-electron chi connectivity index (χ1n) is 7.23. The van der Waals surface area contributed by atoms with E-state index in [1.165, 1.54) is 0 Å². The van der Waals surface area contributed by atoms with Gasteiger partial charge in [0, 0.05) is 12.7 Å². The molecule has 4 heteroatoms. The molecule has 1 atom stereocenters. The maximum absolute atomic E-state index is 12.5. The van der Waals surface area contributed by atoms with Crippen LogP contribution in [0.15, 0.2) is 42.5 Å². The molecule has 4 nitrogen and oxygen atoms in total. The number of hydrogen-bond acceptors (Lipinski definition) is 3. The third kappa shape index (κ3) is 2.30. The molecule has 1 aliphatic rings. The van der Waals surface area contributed by atoms with Gasteiger partial charge in [-0.25, -0.2) is 0 Å². The summed E-state index contributed by atoms with van der Waals surface area (Å²) in [5.41, 5.74) is 3.14. The number of likely N-dealkylation sites (N-methyl/N-ethyl adjacent to an activating group) is 1. The molecule has 2 aromatic rings. The van der Waals surface area contributed by atoms with Crippen molar-refractivity contribution >= 4 is 11.6 Å². The van der Waals surface area contributed by atoms with E-state index in [0.717, 1.165) is 16.8 Å². The Morgan fingerprint density at radius 1 is 1.05 bits per heavy atom. The predicted octanol–water partition coefficient (Wildman–Crippen LogP) is 3.01. The molecule has 0 saturated heterocycles. The van der Waals surface area contributed by atoms with Crippen LogP contribution in [0.5, 0.6) is 11.5 Å². The number of rotatable bonds is 4. The molecule has 0 spiro atoms. The number of carbonyl (C=O) groups is 1. The maximum atomic E-state index is 12.5. The van der Waals surface area contributed by atoms with Crippen molar-refractivity contribution in [2.75, 3.05) is 26.2 Å². The number of benzene rings is 2. The number of fused-ring (bicyclic) bond motifs is 1. The lowest BCUT2D eigenvalue weighted by Crippen LogP contribution is -2.24. The van der Waals surface area contributed by atoms with Crippen molar-refractivity contribution in [1.82, 2.24) is 0 Å². The van der Waals surface area contributed by atoms with Gasteiger partial charge in [-0.3, -0.25) is 4.79 Å². The van der Waals surface area contributed by atoms with Crippen LogP contribution >= 0.6 is 0 Å². The largest absolute Gasteiger partial charge is 0.493 e. The van der Waals surface area contributed by atoms with Crippen LogP contribution in [0, 0.1) is 0 Å². The molecule has 0 radical (unpaired) electrons. The number of carbonyl (C=O) groups excluding carboxylic acids is 1. The number of hydrogen-bond donors (Lipinski definition) is 0. The molecule has 0 aromatic heterocycles. The van der Waals surface area contributed by atoms with Gasteiger partial charge in [0.1, 0.15) is 0 Å². The van der Waals surface area contributed by atoms with Crippen LogP contribution in [0.4, 0.5) is 5.69 Å². The summed E-state index contributed by atoms with van der Waals surface area (Å²) in [7, 11) is 5.06. The number of anilines is 1. The molecule has 1 amide bonds. The number of ether oxygens (including phenoxy) is 2. The predicted molar refractivity (Wildman–Crippen MR) is 85.8 cm³/mol. The average molecular weight is 297 g/mol. The number of nitrogens with zero attached hydrogens (tertiary/aromatic N) is 1. The summed E-state index contributed by atoms with van der Waals surface area (Å²) in [4.78, 5) is 14.3. The van der Waals surface area contributed by atoms with Gasteiger partial charge < -0.3 is 14.4 Å². The van der Waals surface area contributed by atoms with Gasteiger partial charge in [-0.2, -0.15) is 0 Å². The lowest BCUT2D eigenvalue weighted by atomic mass is 9.93. The summed E-state index contributed by atoms with van der Waals surface area (Å²) in [5.74, 6) is 1.38. The molecular formula is C18H19NO3. The molecular weight excluding hydrogens is 278 g/mol. The van der Waals surface area contributed by atoms with Crippen molar-refractivity contribution in [3.8, 4) is 11.5 Å². The fraction of sp³-hybridized carbons (Fsp3) is 0.278. The third-order valence-corrected chi connectivity index (χ3v) is 4.19. The second-order valence-electron chi connectivity index (χ2n) is 5.40. The van der Waals surface area contributed by atoms with Crippen LogP contribution in [-0.2, 0) is 11.2 Å². The molecule has 3 rings (SSSR count). The summed E-state index contributed by atoms with van der Waals surface area (Å²) in [6.45, 7) is 0. The molecule has 1 heterocycles. The van der Waals surface area contributed by atoms with E-state index in [1.54, 1.807) is 19.1 Å². The zero-order valence-corrected chi connectivity index (χ0v) is 13.0. The van der Waals surface area contributed by atoms with Gasteiger partial charge in [0.05, 0.1) is 20.1 Å². The summed E-state index contributed by atoms with van der Waals surface area (Å²) in [6, 6.07) is 13.8. The molecule has 0 bridgehead atoms. The van der Waals surface area contributed by atoms with Crippen molar-refractivity contribution < 1.29 is 14.3 Å². The Balaban J connectivity index is 1.92. The summed E-state index contributed by atoms with van der Waals surface area (Å²) in [6.07, 6.45) is 0.653. The Kier molecular flexibility index (Phi) is 3.75. The third-order valence-electron chi connectivity index (χ3n) is 4.19. The second kappa shape index (κ2) is 5.72. The monoisotopic (exact) mass is 297 g/mol. The molecule has 114 valence electrons. The van der Waals surface area contributed by atoms with E-state index >= 15 is 0 Å². The highest BCUT2D eigenvalue weighted by molar-refractivity contribution is 6.04. The quantitative estimate of drug-likeness (QED) is 0.871. The van der Waals surface area contributed by atoms with Crippen LogP contribution in [0.1, 0.15) is 17.0 Å². The van der Waals surface area contributed by atoms with Gasteiger partial charge in [-0.15, -0.1) is 0 Å². The van der Waals surface area contributed by atoms with E-state index in [4.69, 9.17) is 9.47 Å². The molecule has 0 saturated carbocycles. The van der Waals surface area contributed by atoms with Crippen LogP contribution in [0.3, 0.4) is 0 Å². The minimum atomic E-state index is -0.140. The lowest BCUT2D eigenvalue weighted by molar-refractivity contribution is -0.119. The number of amides is 1. The molecule has 0 unspecified atom stereocenters. The van der Waals surface area contributed by atoms with Crippen molar-refractivity contribution in [2.24, 2.45) is 0 Å². The first-order valence-corrected chi connectivity index (χ1v) is 7.23. The lowest BCUT2D eigenvalue weighted by Gasteiger charge is -2.13. The Morgan fingerprint density at radius 2 is 1.77 bits per heavy atom. The van der Waals surface area contributed by atoms with Gasteiger partial charge in [-0.05, 0) is 35.7 Å². The van der Waals surface area contributed by atoms with Gasteiger partial charge in [0.25, 0.3) is 0 Å². The van der Waals surface area contributed by atoms with Crippen molar-refractivity contribution in [3.63, 3.8) is 0 Å². The molecule has 0 N–H and O–H groups in total. The molecule has 0 aliphatic carbocycles. The molecule has 22 heavy (non-hydrogen) atoms. The Bertz CT molecular complexity index is 711. The van der Waals surface area contributed by atoms with Crippen LogP contribution < -0.4 is 14.4 Å². The molecule has 1 aliphatic heterocycles. The van der Waals surface area contributed by atoms with Crippen LogP contribution in [0.25, 0.3) is 0 Å². The average Bonchev–Trinajstić information content (AvgIpc) is 2.80. The SMILES string of the molecule is COc1ccc(C[C@H]2C(=O)N(C)c3ccccc32)cc1OC. The molecule has 2 aromatic carbocycles. The fourth-order valence-electron chi connectivity index (χ4n) is 3.01. The van der Waals surface area contributed by atoms with Crippen molar-refractivity contribution in [3.05, 3.63) is 53.6 Å². The Labute approximate surface area is 130 Å². The minimum absolute atomic E-state index is 0.135. The highest BCUT2D eigenvalue weighted by atomic mass is 16.5. The topological polar surface area (TPSA) is 38.8 Å². The van der Waals surface area contributed by atoms with E-state index in [2.05, 4.69) is 0 Å². The zero-order valence-electron chi connectivity index (χ0n) is 13.0. The first-order chi connectivity index (χ1) is 10.7. The van der Waals surface area contributed by atoms with Gasteiger partial charge in [-0.1, -0.05) is 24.3 Å². The Hall–Kier alpha value is -2.49. The normalized spacial score (nSPS) is 16.6. The van der Waals surface area contributed by atoms with E-state index in [0.29, 0.717) is 17.9 Å². The minimum Gasteiger partial charge on any atom is -0.493 e. The van der Waals surface area contributed by atoms with Gasteiger partial charge >= 0.3 is 0 Å². The smallest absolute Gasteiger partial charge is 0.234 e. The van der Waals surface area contributed by atoms with Crippen molar-refractivity contribution in [2.45, 2.75) is 12.3 Å². The molecule has 0 fully saturated rings. The zero-order chi connectivity index (χ0) is 15.7. The summed E-state index contributed by atoms with van der Waals surface area (Å²) < 4.78 is 10.6. The highest BCUT2D eigenvalue weighted by Crippen LogP contribution is 2.39. The number of para-hydroxylation sites is 1. The first kappa shape index (κ1) is 14.4. The van der Waals surface area contributed by atoms with E-state index in [-0.39, 0.29) is 11.8 Å². The maximum Gasteiger partial charge on any atom is 0.234 e. The van der Waals surface area contributed by atoms with Gasteiger partial charge in [0.15, 0.2) is 11.5 Å². The van der Waals surface area contributed by atoms with Crippen LogP contribution in [0.2, 0.25) is 0 Å². The van der Waals surface area contributed by atoms with Gasteiger partial charge in [0.2, 0.25) is 5.91 Å².